The number of carbonyl (C=O) groups excluding carboxylic acids is 1. The molecule has 136 valence electrons. The average molecular weight is 355 g/mol. The molecule has 0 aromatic heterocycles. The number of rotatable bonds is 4. The second kappa shape index (κ2) is 7.40. The third-order valence-electron chi connectivity index (χ3n) is 5.24. The largest absolute Gasteiger partial charge is 0.337 e. The highest BCUT2D eigenvalue weighted by Crippen LogP contribution is 2.40. The van der Waals surface area contributed by atoms with E-state index in [2.05, 4.69) is 20.8 Å². The van der Waals surface area contributed by atoms with Crippen LogP contribution in [0.1, 0.15) is 47.0 Å². The fourth-order valence-corrected chi connectivity index (χ4v) is 4.72. The van der Waals surface area contributed by atoms with Crippen molar-refractivity contribution in [2.24, 2.45) is 5.41 Å². The number of piperazine rings is 1. The topological polar surface area (TPSA) is 57.7 Å². The summed E-state index contributed by atoms with van der Waals surface area (Å²) in [6.45, 7) is 9.97. The number of sulfonamides is 1. The molecule has 0 atom stereocenters. The molecule has 0 aromatic rings. The molecule has 0 saturated carbocycles. The minimum Gasteiger partial charge on any atom is -0.337 e. The monoisotopic (exact) mass is 354 g/mol. The Kier molecular flexibility index (Phi) is 5.91. The SMILES string of the molecule is CCS(=O)(=O)N1CCN(C(=O)C=CC2=C(C)CCCC2(C)C)CC1. The van der Waals surface area contributed by atoms with Gasteiger partial charge in [0.25, 0.3) is 0 Å². The van der Waals surface area contributed by atoms with Gasteiger partial charge in [0.1, 0.15) is 0 Å². The molecule has 24 heavy (non-hydrogen) atoms. The van der Waals surface area contributed by atoms with Crippen molar-refractivity contribution in [1.82, 2.24) is 9.21 Å². The van der Waals surface area contributed by atoms with E-state index in [-0.39, 0.29) is 17.1 Å². The van der Waals surface area contributed by atoms with Crippen LogP contribution in [0.3, 0.4) is 0 Å². The van der Waals surface area contributed by atoms with E-state index >= 15 is 0 Å². The zero-order valence-electron chi connectivity index (χ0n) is 15.3. The van der Waals surface area contributed by atoms with Crippen molar-refractivity contribution in [3.05, 3.63) is 23.3 Å². The van der Waals surface area contributed by atoms with Gasteiger partial charge in [-0.05, 0) is 44.1 Å². The van der Waals surface area contributed by atoms with Crippen molar-refractivity contribution in [3.8, 4) is 0 Å². The molecule has 2 aliphatic rings. The number of amides is 1. The van der Waals surface area contributed by atoms with Gasteiger partial charge < -0.3 is 4.90 Å². The maximum atomic E-state index is 12.4. The highest BCUT2D eigenvalue weighted by molar-refractivity contribution is 7.89. The molecule has 0 unspecified atom stereocenters. The molecule has 1 fully saturated rings. The second-order valence-electron chi connectivity index (χ2n) is 7.39. The first kappa shape index (κ1) is 19.2. The van der Waals surface area contributed by atoms with Crippen LogP contribution in [0.25, 0.3) is 0 Å². The molecule has 2 rings (SSSR count). The molecule has 0 spiro atoms. The van der Waals surface area contributed by atoms with Crippen LogP contribution in [0.2, 0.25) is 0 Å². The lowest BCUT2D eigenvalue weighted by Crippen LogP contribution is -2.50. The summed E-state index contributed by atoms with van der Waals surface area (Å²) >= 11 is 0. The molecule has 1 aliphatic carbocycles. The van der Waals surface area contributed by atoms with Crippen LogP contribution in [0, 0.1) is 5.41 Å². The predicted molar refractivity (Wildman–Crippen MR) is 97.1 cm³/mol. The van der Waals surface area contributed by atoms with Crippen LogP contribution in [0.15, 0.2) is 23.3 Å². The summed E-state index contributed by atoms with van der Waals surface area (Å²) in [7, 11) is -3.15. The van der Waals surface area contributed by atoms with E-state index in [1.54, 1.807) is 17.9 Å². The third kappa shape index (κ3) is 4.28. The molecule has 1 heterocycles. The zero-order valence-corrected chi connectivity index (χ0v) is 16.2. The van der Waals surface area contributed by atoms with Gasteiger partial charge in [-0.25, -0.2) is 8.42 Å². The molecule has 0 N–H and O–H groups in total. The van der Waals surface area contributed by atoms with Gasteiger partial charge in [0.2, 0.25) is 15.9 Å². The summed E-state index contributed by atoms with van der Waals surface area (Å²) < 4.78 is 25.2. The smallest absolute Gasteiger partial charge is 0.246 e. The molecule has 1 amide bonds. The Bertz CT molecular complexity index is 639. The van der Waals surface area contributed by atoms with Gasteiger partial charge in [-0.2, -0.15) is 4.31 Å². The Labute approximate surface area is 146 Å². The fourth-order valence-electron chi connectivity index (χ4n) is 3.64. The molecule has 1 aliphatic heterocycles. The first-order valence-corrected chi connectivity index (χ1v) is 10.4. The van der Waals surface area contributed by atoms with Gasteiger partial charge in [0, 0.05) is 32.3 Å². The van der Waals surface area contributed by atoms with Crippen LogP contribution in [-0.4, -0.2) is 55.5 Å². The molecule has 1 saturated heterocycles. The molecule has 0 radical (unpaired) electrons. The summed E-state index contributed by atoms with van der Waals surface area (Å²) in [5.74, 6) is 0.0915. The van der Waals surface area contributed by atoms with Gasteiger partial charge >= 0.3 is 0 Å². The van der Waals surface area contributed by atoms with E-state index in [9.17, 15) is 13.2 Å². The van der Waals surface area contributed by atoms with Gasteiger partial charge in [-0.3, -0.25) is 4.79 Å². The van der Waals surface area contributed by atoms with Crippen LogP contribution >= 0.6 is 0 Å². The Balaban J connectivity index is 1.99. The summed E-state index contributed by atoms with van der Waals surface area (Å²) in [6, 6.07) is 0. The van der Waals surface area contributed by atoms with E-state index in [1.807, 2.05) is 6.08 Å². The van der Waals surface area contributed by atoms with Gasteiger partial charge in [0.15, 0.2) is 0 Å². The molecule has 0 bridgehead atoms. The van der Waals surface area contributed by atoms with E-state index in [0.717, 1.165) is 12.8 Å². The second-order valence-corrected chi connectivity index (χ2v) is 9.65. The summed E-state index contributed by atoms with van der Waals surface area (Å²) in [6.07, 6.45) is 7.09. The van der Waals surface area contributed by atoms with Crippen molar-refractivity contribution >= 4 is 15.9 Å². The number of nitrogens with zero attached hydrogens (tertiary/aromatic N) is 2. The number of hydrogen-bond acceptors (Lipinski definition) is 3. The summed E-state index contributed by atoms with van der Waals surface area (Å²) in [5, 5.41) is 0. The van der Waals surface area contributed by atoms with Crippen molar-refractivity contribution in [2.75, 3.05) is 31.9 Å². The van der Waals surface area contributed by atoms with Crippen LogP contribution in [0.4, 0.5) is 0 Å². The Morgan fingerprint density at radius 1 is 1.21 bits per heavy atom. The maximum absolute atomic E-state index is 12.4. The number of hydrogen-bond donors (Lipinski definition) is 0. The van der Waals surface area contributed by atoms with Crippen molar-refractivity contribution in [1.29, 1.82) is 0 Å². The first-order valence-electron chi connectivity index (χ1n) is 8.82. The lowest BCUT2D eigenvalue weighted by Gasteiger charge is -2.34. The zero-order chi connectivity index (χ0) is 18.0. The molecule has 0 aromatic carbocycles. The van der Waals surface area contributed by atoms with Crippen molar-refractivity contribution < 1.29 is 13.2 Å². The average Bonchev–Trinajstić information content (AvgIpc) is 2.53. The van der Waals surface area contributed by atoms with E-state index in [0.29, 0.717) is 26.2 Å². The lowest BCUT2D eigenvalue weighted by molar-refractivity contribution is -0.127. The highest BCUT2D eigenvalue weighted by atomic mass is 32.2. The lowest BCUT2D eigenvalue weighted by atomic mass is 9.72. The molecular formula is C18H30N2O3S. The molecular weight excluding hydrogens is 324 g/mol. The third-order valence-corrected chi connectivity index (χ3v) is 7.13. The van der Waals surface area contributed by atoms with Crippen LogP contribution in [0.5, 0.6) is 0 Å². The Morgan fingerprint density at radius 2 is 1.83 bits per heavy atom. The molecule has 6 heteroatoms. The number of carbonyl (C=O) groups is 1. The van der Waals surface area contributed by atoms with Crippen molar-refractivity contribution in [3.63, 3.8) is 0 Å². The predicted octanol–water partition coefficient (Wildman–Crippen LogP) is 2.56. The quantitative estimate of drug-likeness (QED) is 0.729. The van der Waals surface area contributed by atoms with E-state index in [4.69, 9.17) is 0 Å². The minimum atomic E-state index is -3.15. The molecule has 5 nitrogen and oxygen atoms in total. The van der Waals surface area contributed by atoms with Gasteiger partial charge in [-0.15, -0.1) is 0 Å². The van der Waals surface area contributed by atoms with E-state index in [1.165, 1.54) is 21.9 Å². The summed E-state index contributed by atoms with van der Waals surface area (Å²) in [4.78, 5) is 14.2. The standard InChI is InChI=1S/C18H30N2O3S/c1-5-24(22,23)20-13-11-19(12-14-20)17(21)9-8-16-15(2)7-6-10-18(16,3)4/h8-9H,5-7,10-14H2,1-4H3. The van der Waals surface area contributed by atoms with Crippen molar-refractivity contribution in [2.45, 2.75) is 47.0 Å². The minimum absolute atomic E-state index is 0.0229. The first-order chi connectivity index (χ1) is 11.2. The Hall–Kier alpha value is -1.14. The van der Waals surface area contributed by atoms with Crippen LogP contribution in [-0.2, 0) is 14.8 Å². The van der Waals surface area contributed by atoms with Gasteiger partial charge in [-0.1, -0.05) is 25.5 Å². The number of allylic oxidation sites excluding steroid dienone is 3. The Morgan fingerprint density at radius 3 is 2.38 bits per heavy atom. The summed E-state index contributed by atoms with van der Waals surface area (Å²) in [5.41, 5.74) is 2.76. The highest BCUT2D eigenvalue weighted by Gasteiger charge is 2.28. The maximum Gasteiger partial charge on any atom is 0.246 e. The fraction of sp³-hybridized carbons (Fsp3) is 0.722. The van der Waals surface area contributed by atoms with E-state index < -0.39 is 10.0 Å². The van der Waals surface area contributed by atoms with Gasteiger partial charge in [0.05, 0.1) is 5.75 Å². The normalized spacial score (nSPS) is 23.1. The van der Waals surface area contributed by atoms with Crippen LogP contribution < -0.4 is 0 Å².